The molecule has 2 rings (SSSR count). The van der Waals surface area contributed by atoms with Crippen molar-refractivity contribution >= 4 is 0 Å². The predicted molar refractivity (Wildman–Crippen MR) is 66.3 cm³/mol. The highest BCUT2D eigenvalue weighted by atomic mass is 14.3. The summed E-state index contributed by atoms with van der Waals surface area (Å²) in [6, 6.07) is 9.07. The van der Waals surface area contributed by atoms with Gasteiger partial charge in [0.2, 0.25) is 0 Å². The SMILES string of the molecule is CCCC1CC(C)C(C)c2ccccc21. The molecule has 0 spiro atoms. The highest BCUT2D eigenvalue weighted by Gasteiger charge is 2.28. The minimum Gasteiger partial charge on any atom is -0.0654 e. The van der Waals surface area contributed by atoms with E-state index in [1.807, 2.05) is 0 Å². The first kappa shape index (κ1) is 10.7. The van der Waals surface area contributed by atoms with Crippen molar-refractivity contribution in [3.8, 4) is 0 Å². The number of fused-ring (bicyclic) bond motifs is 1. The van der Waals surface area contributed by atoms with Gasteiger partial charge in [-0.3, -0.25) is 0 Å². The topological polar surface area (TPSA) is 0 Å². The predicted octanol–water partition coefficient (Wildman–Crippen LogP) is 4.71. The number of rotatable bonds is 2. The summed E-state index contributed by atoms with van der Waals surface area (Å²) in [7, 11) is 0. The van der Waals surface area contributed by atoms with E-state index in [0.717, 1.165) is 17.8 Å². The van der Waals surface area contributed by atoms with Crippen LogP contribution in [0.1, 0.15) is 63.0 Å². The van der Waals surface area contributed by atoms with Crippen molar-refractivity contribution in [2.24, 2.45) is 5.92 Å². The molecule has 0 fully saturated rings. The summed E-state index contributed by atoms with van der Waals surface area (Å²) >= 11 is 0. The Morgan fingerprint density at radius 1 is 1.13 bits per heavy atom. The van der Waals surface area contributed by atoms with E-state index in [1.54, 1.807) is 11.1 Å². The molecule has 0 aliphatic heterocycles. The molecule has 0 aromatic heterocycles. The molecule has 15 heavy (non-hydrogen) atoms. The highest BCUT2D eigenvalue weighted by Crippen LogP contribution is 2.43. The summed E-state index contributed by atoms with van der Waals surface area (Å²) < 4.78 is 0. The smallest absolute Gasteiger partial charge is 0.0156 e. The Labute approximate surface area is 93.7 Å². The summed E-state index contributed by atoms with van der Waals surface area (Å²) in [6.07, 6.45) is 4.04. The van der Waals surface area contributed by atoms with Crippen molar-refractivity contribution < 1.29 is 0 Å². The van der Waals surface area contributed by atoms with Crippen LogP contribution in [-0.4, -0.2) is 0 Å². The van der Waals surface area contributed by atoms with Gasteiger partial charge in [0.15, 0.2) is 0 Å². The first-order valence-corrected chi connectivity index (χ1v) is 6.32. The maximum atomic E-state index is 2.41. The van der Waals surface area contributed by atoms with Gasteiger partial charge in [0.25, 0.3) is 0 Å². The van der Waals surface area contributed by atoms with E-state index in [4.69, 9.17) is 0 Å². The van der Waals surface area contributed by atoms with Crippen LogP contribution in [0, 0.1) is 5.92 Å². The van der Waals surface area contributed by atoms with E-state index >= 15 is 0 Å². The van der Waals surface area contributed by atoms with E-state index in [2.05, 4.69) is 45.0 Å². The molecule has 0 bridgehead atoms. The molecule has 1 aromatic rings. The van der Waals surface area contributed by atoms with Gasteiger partial charge in [0.05, 0.1) is 0 Å². The second kappa shape index (κ2) is 4.38. The van der Waals surface area contributed by atoms with Crippen LogP contribution in [-0.2, 0) is 0 Å². The molecule has 0 saturated carbocycles. The van der Waals surface area contributed by atoms with E-state index in [1.165, 1.54) is 19.3 Å². The van der Waals surface area contributed by atoms with Gasteiger partial charge in [-0.2, -0.15) is 0 Å². The Bertz CT molecular complexity index is 327. The molecule has 82 valence electrons. The summed E-state index contributed by atoms with van der Waals surface area (Å²) in [5, 5.41) is 0. The van der Waals surface area contributed by atoms with Gasteiger partial charge >= 0.3 is 0 Å². The van der Waals surface area contributed by atoms with Gasteiger partial charge in [-0.1, -0.05) is 51.5 Å². The van der Waals surface area contributed by atoms with Crippen molar-refractivity contribution in [1.29, 1.82) is 0 Å². The van der Waals surface area contributed by atoms with Crippen LogP contribution in [0.5, 0.6) is 0 Å². The van der Waals surface area contributed by atoms with Crippen molar-refractivity contribution in [2.75, 3.05) is 0 Å². The minimum atomic E-state index is 0.745. The normalized spacial score (nSPS) is 29.9. The van der Waals surface area contributed by atoms with Crippen LogP contribution in [0.4, 0.5) is 0 Å². The molecule has 1 aromatic carbocycles. The maximum Gasteiger partial charge on any atom is -0.0156 e. The largest absolute Gasteiger partial charge is 0.0654 e. The molecule has 0 nitrogen and oxygen atoms in total. The van der Waals surface area contributed by atoms with Gasteiger partial charge in [0.1, 0.15) is 0 Å². The summed E-state index contributed by atoms with van der Waals surface area (Å²) in [4.78, 5) is 0. The Morgan fingerprint density at radius 3 is 2.47 bits per heavy atom. The molecule has 1 aliphatic rings. The average Bonchev–Trinajstić information content (AvgIpc) is 2.26. The van der Waals surface area contributed by atoms with Gasteiger partial charge in [0, 0.05) is 0 Å². The third-order valence-electron chi connectivity index (χ3n) is 4.07. The molecular formula is C15H22. The monoisotopic (exact) mass is 202 g/mol. The number of benzene rings is 1. The Balaban J connectivity index is 2.36. The van der Waals surface area contributed by atoms with Crippen LogP contribution in [0.25, 0.3) is 0 Å². The zero-order valence-corrected chi connectivity index (χ0v) is 10.2. The standard InChI is InChI=1S/C15H22/c1-4-7-13-10-11(2)12(3)14-8-5-6-9-15(13)14/h5-6,8-9,11-13H,4,7,10H2,1-3H3. The Hall–Kier alpha value is -0.780. The fourth-order valence-electron chi connectivity index (χ4n) is 3.01. The fraction of sp³-hybridized carbons (Fsp3) is 0.600. The van der Waals surface area contributed by atoms with Crippen molar-refractivity contribution in [3.05, 3.63) is 35.4 Å². The third-order valence-corrected chi connectivity index (χ3v) is 4.07. The summed E-state index contributed by atoms with van der Waals surface area (Å²) in [5.41, 5.74) is 3.24. The van der Waals surface area contributed by atoms with Gasteiger partial charge in [-0.15, -0.1) is 0 Å². The lowest BCUT2D eigenvalue weighted by molar-refractivity contribution is 0.364. The van der Waals surface area contributed by atoms with Gasteiger partial charge < -0.3 is 0 Å². The molecule has 0 radical (unpaired) electrons. The van der Waals surface area contributed by atoms with E-state index < -0.39 is 0 Å². The van der Waals surface area contributed by atoms with E-state index in [0.29, 0.717) is 0 Å². The second-order valence-corrected chi connectivity index (χ2v) is 5.12. The molecule has 0 N–H and O–H groups in total. The lowest BCUT2D eigenvalue weighted by Gasteiger charge is -2.34. The molecule has 0 heterocycles. The zero-order valence-electron chi connectivity index (χ0n) is 10.2. The average molecular weight is 202 g/mol. The van der Waals surface area contributed by atoms with E-state index in [9.17, 15) is 0 Å². The summed E-state index contributed by atoms with van der Waals surface area (Å²) in [6.45, 7) is 7.08. The zero-order chi connectivity index (χ0) is 10.8. The first-order chi connectivity index (χ1) is 7.24. The number of hydrogen-bond acceptors (Lipinski definition) is 0. The lowest BCUT2D eigenvalue weighted by atomic mass is 9.70. The molecular weight excluding hydrogens is 180 g/mol. The Morgan fingerprint density at radius 2 is 1.80 bits per heavy atom. The van der Waals surface area contributed by atoms with Crippen molar-refractivity contribution in [2.45, 2.75) is 51.9 Å². The molecule has 3 unspecified atom stereocenters. The number of hydrogen-bond donors (Lipinski definition) is 0. The summed E-state index contributed by atoms with van der Waals surface area (Å²) in [5.74, 6) is 2.41. The van der Waals surface area contributed by atoms with Crippen LogP contribution in [0.15, 0.2) is 24.3 Å². The molecule has 3 atom stereocenters. The van der Waals surface area contributed by atoms with E-state index in [-0.39, 0.29) is 0 Å². The molecule has 0 heteroatoms. The minimum absolute atomic E-state index is 0.745. The van der Waals surface area contributed by atoms with Crippen molar-refractivity contribution in [1.82, 2.24) is 0 Å². The van der Waals surface area contributed by atoms with Gasteiger partial charge in [-0.25, -0.2) is 0 Å². The first-order valence-electron chi connectivity index (χ1n) is 6.32. The second-order valence-electron chi connectivity index (χ2n) is 5.12. The van der Waals surface area contributed by atoms with Gasteiger partial charge in [-0.05, 0) is 41.7 Å². The van der Waals surface area contributed by atoms with Crippen LogP contribution in [0.3, 0.4) is 0 Å². The van der Waals surface area contributed by atoms with Crippen molar-refractivity contribution in [3.63, 3.8) is 0 Å². The fourth-order valence-corrected chi connectivity index (χ4v) is 3.01. The van der Waals surface area contributed by atoms with Crippen LogP contribution < -0.4 is 0 Å². The van der Waals surface area contributed by atoms with Crippen LogP contribution >= 0.6 is 0 Å². The molecule has 1 aliphatic carbocycles. The quantitative estimate of drug-likeness (QED) is 0.651. The Kier molecular flexibility index (Phi) is 3.14. The highest BCUT2D eigenvalue weighted by molar-refractivity contribution is 5.35. The molecule has 0 amide bonds. The molecule has 0 saturated heterocycles. The maximum absolute atomic E-state index is 2.41. The van der Waals surface area contributed by atoms with Crippen LogP contribution in [0.2, 0.25) is 0 Å². The lowest BCUT2D eigenvalue weighted by Crippen LogP contribution is -2.20. The third kappa shape index (κ3) is 1.95.